The number of carbonyl (C=O) groups excluding carboxylic acids is 1. The van der Waals surface area contributed by atoms with Gasteiger partial charge < -0.3 is 14.8 Å². The van der Waals surface area contributed by atoms with Crippen LogP contribution in [0.15, 0.2) is 0 Å². The summed E-state index contributed by atoms with van der Waals surface area (Å²) in [7, 11) is 1.41. The zero-order chi connectivity index (χ0) is 10.4. The third-order valence-electron chi connectivity index (χ3n) is 2.45. The van der Waals surface area contributed by atoms with Crippen molar-refractivity contribution in [3.05, 3.63) is 0 Å². The van der Waals surface area contributed by atoms with Crippen LogP contribution in [0.4, 0.5) is 0 Å². The summed E-state index contributed by atoms with van der Waals surface area (Å²) in [6.07, 6.45) is 3.05. The van der Waals surface area contributed by atoms with Gasteiger partial charge in [0, 0.05) is 6.61 Å². The first kappa shape index (κ1) is 11.5. The highest BCUT2D eigenvalue weighted by Crippen LogP contribution is 2.13. The fraction of sp³-hybridized carbons (Fsp3) is 0.900. The highest BCUT2D eigenvalue weighted by Gasteiger charge is 2.33. The van der Waals surface area contributed by atoms with Gasteiger partial charge in [-0.1, -0.05) is 13.3 Å². The summed E-state index contributed by atoms with van der Waals surface area (Å²) in [6.45, 7) is 3.68. The van der Waals surface area contributed by atoms with Crippen molar-refractivity contribution in [1.29, 1.82) is 0 Å². The molecule has 0 bridgehead atoms. The molecule has 1 fully saturated rings. The molecule has 0 aromatic rings. The molecular formula is C10H19NO3. The highest BCUT2D eigenvalue weighted by atomic mass is 16.5. The van der Waals surface area contributed by atoms with Crippen LogP contribution in [-0.2, 0) is 14.3 Å². The van der Waals surface area contributed by atoms with E-state index in [1.165, 1.54) is 7.11 Å². The van der Waals surface area contributed by atoms with E-state index in [4.69, 9.17) is 4.74 Å². The largest absolute Gasteiger partial charge is 0.468 e. The molecular weight excluding hydrogens is 182 g/mol. The lowest BCUT2D eigenvalue weighted by molar-refractivity contribution is -0.146. The van der Waals surface area contributed by atoms with Gasteiger partial charge in [-0.2, -0.15) is 0 Å². The second-order valence-corrected chi connectivity index (χ2v) is 3.51. The molecule has 0 aliphatic carbocycles. The molecule has 1 heterocycles. The average Bonchev–Trinajstić information content (AvgIpc) is 2.65. The van der Waals surface area contributed by atoms with E-state index >= 15 is 0 Å². The fourth-order valence-corrected chi connectivity index (χ4v) is 1.60. The number of hydrogen-bond acceptors (Lipinski definition) is 4. The van der Waals surface area contributed by atoms with E-state index in [9.17, 15) is 4.79 Å². The first-order valence-electron chi connectivity index (χ1n) is 5.22. The molecule has 1 rings (SSSR count). The van der Waals surface area contributed by atoms with Crippen LogP contribution in [0.25, 0.3) is 0 Å². The van der Waals surface area contributed by atoms with Crippen LogP contribution in [0.3, 0.4) is 0 Å². The monoisotopic (exact) mass is 201 g/mol. The maximum atomic E-state index is 11.3. The number of unbranched alkanes of at least 4 members (excludes halogenated alkanes) is 1. The molecule has 2 atom stereocenters. The Balaban J connectivity index is 2.31. The average molecular weight is 201 g/mol. The van der Waals surface area contributed by atoms with Gasteiger partial charge in [0.1, 0.15) is 6.04 Å². The van der Waals surface area contributed by atoms with Crippen molar-refractivity contribution in [2.24, 2.45) is 0 Å². The number of methoxy groups -OCH3 is 1. The molecule has 0 aromatic heterocycles. The maximum absolute atomic E-state index is 11.3. The Labute approximate surface area is 85.0 Å². The van der Waals surface area contributed by atoms with Gasteiger partial charge in [-0.25, -0.2) is 0 Å². The van der Waals surface area contributed by atoms with Crippen LogP contribution >= 0.6 is 0 Å². The summed E-state index contributed by atoms with van der Waals surface area (Å²) in [4.78, 5) is 11.3. The third-order valence-corrected chi connectivity index (χ3v) is 2.45. The van der Waals surface area contributed by atoms with Gasteiger partial charge in [0.05, 0.1) is 13.2 Å². The summed E-state index contributed by atoms with van der Waals surface area (Å²) in [5, 5.41) is 3.08. The number of hydrogen-bond donors (Lipinski definition) is 1. The maximum Gasteiger partial charge on any atom is 0.325 e. The van der Waals surface area contributed by atoms with Crippen molar-refractivity contribution in [2.75, 3.05) is 20.3 Å². The molecule has 0 amide bonds. The number of esters is 1. The zero-order valence-corrected chi connectivity index (χ0v) is 8.91. The Morgan fingerprint density at radius 1 is 1.57 bits per heavy atom. The standard InChI is InChI=1S/C10H19NO3/c1-3-4-7-14-8-5-6-11-9(8)10(12)13-2/h8-9,11H,3-7H2,1-2H3/t8-,9-/m0/s1. The van der Waals surface area contributed by atoms with Crippen LogP contribution < -0.4 is 5.32 Å². The molecule has 0 aromatic carbocycles. The predicted molar refractivity (Wildman–Crippen MR) is 53.1 cm³/mol. The molecule has 0 spiro atoms. The summed E-state index contributed by atoms with van der Waals surface area (Å²) < 4.78 is 10.3. The highest BCUT2D eigenvalue weighted by molar-refractivity contribution is 5.76. The number of ether oxygens (including phenoxy) is 2. The van der Waals surface area contributed by atoms with Crippen molar-refractivity contribution in [3.63, 3.8) is 0 Å². The Morgan fingerprint density at radius 2 is 2.36 bits per heavy atom. The van der Waals surface area contributed by atoms with Gasteiger partial charge in [0.2, 0.25) is 0 Å². The zero-order valence-electron chi connectivity index (χ0n) is 8.91. The van der Waals surface area contributed by atoms with Gasteiger partial charge in [-0.3, -0.25) is 4.79 Å². The minimum absolute atomic E-state index is 0.00556. The number of rotatable bonds is 5. The van der Waals surface area contributed by atoms with Crippen molar-refractivity contribution < 1.29 is 14.3 Å². The van der Waals surface area contributed by atoms with Crippen molar-refractivity contribution in [2.45, 2.75) is 38.3 Å². The van der Waals surface area contributed by atoms with E-state index in [0.717, 1.165) is 32.4 Å². The minimum Gasteiger partial charge on any atom is -0.468 e. The summed E-state index contributed by atoms with van der Waals surface area (Å²) >= 11 is 0. The van der Waals surface area contributed by atoms with E-state index < -0.39 is 0 Å². The van der Waals surface area contributed by atoms with Crippen LogP contribution in [0.5, 0.6) is 0 Å². The first-order valence-corrected chi connectivity index (χ1v) is 5.22. The molecule has 1 aliphatic rings. The summed E-state index contributed by atoms with van der Waals surface area (Å²) in [6, 6.07) is -0.267. The second-order valence-electron chi connectivity index (χ2n) is 3.51. The Morgan fingerprint density at radius 3 is 3.00 bits per heavy atom. The Bertz CT molecular complexity index is 184. The number of nitrogens with one attached hydrogen (secondary N) is 1. The minimum atomic E-state index is -0.267. The van der Waals surface area contributed by atoms with E-state index in [1.54, 1.807) is 0 Å². The van der Waals surface area contributed by atoms with Gasteiger partial charge in [-0.15, -0.1) is 0 Å². The van der Waals surface area contributed by atoms with Crippen LogP contribution in [0.1, 0.15) is 26.2 Å². The SMILES string of the molecule is CCCCO[C@H]1CCN[C@@H]1C(=O)OC. The molecule has 0 saturated carbocycles. The van der Waals surface area contributed by atoms with Crippen LogP contribution in [0.2, 0.25) is 0 Å². The molecule has 1 saturated heterocycles. The third kappa shape index (κ3) is 2.96. The van der Waals surface area contributed by atoms with E-state index in [2.05, 4.69) is 17.0 Å². The normalized spacial score (nSPS) is 26.4. The lowest BCUT2D eigenvalue weighted by atomic mass is 10.2. The van der Waals surface area contributed by atoms with Gasteiger partial charge in [0.25, 0.3) is 0 Å². The lowest BCUT2D eigenvalue weighted by Crippen LogP contribution is -2.40. The molecule has 4 heteroatoms. The van der Waals surface area contributed by atoms with Crippen LogP contribution in [0, 0.1) is 0 Å². The smallest absolute Gasteiger partial charge is 0.325 e. The van der Waals surface area contributed by atoms with E-state index in [-0.39, 0.29) is 18.1 Å². The van der Waals surface area contributed by atoms with Gasteiger partial charge in [-0.05, 0) is 19.4 Å². The molecule has 82 valence electrons. The van der Waals surface area contributed by atoms with Crippen LogP contribution in [-0.4, -0.2) is 38.4 Å². The molecule has 0 radical (unpaired) electrons. The summed E-state index contributed by atoms with van der Waals surface area (Å²) in [5.74, 6) is -0.219. The molecule has 0 unspecified atom stereocenters. The van der Waals surface area contributed by atoms with E-state index in [1.807, 2.05) is 0 Å². The Hall–Kier alpha value is -0.610. The molecule has 1 N–H and O–H groups in total. The van der Waals surface area contributed by atoms with Crippen molar-refractivity contribution >= 4 is 5.97 Å². The van der Waals surface area contributed by atoms with Gasteiger partial charge >= 0.3 is 5.97 Å². The molecule has 1 aliphatic heterocycles. The topological polar surface area (TPSA) is 47.6 Å². The fourth-order valence-electron chi connectivity index (χ4n) is 1.60. The lowest BCUT2D eigenvalue weighted by Gasteiger charge is -2.17. The predicted octanol–water partition coefficient (Wildman–Crippen LogP) is 0.707. The van der Waals surface area contributed by atoms with Gasteiger partial charge in [0.15, 0.2) is 0 Å². The summed E-state index contributed by atoms with van der Waals surface area (Å²) in [5.41, 5.74) is 0. The Kier molecular flexibility index (Phi) is 4.90. The van der Waals surface area contributed by atoms with E-state index in [0.29, 0.717) is 0 Å². The quantitative estimate of drug-likeness (QED) is 0.525. The molecule has 14 heavy (non-hydrogen) atoms. The van der Waals surface area contributed by atoms with Crippen molar-refractivity contribution in [3.8, 4) is 0 Å². The second kappa shape index (κ2) is 5.98. The van der Waals surface area contributed by atoms with Crippen molar-refractivity contribution in [1.82, 2.24) is 5.32 Å². The number of carbonyl (C=O) groups is 1. The first-order chi connectivity index (χ1) is 6.79. The molecule has 4 nitrogen and oxygen atoms in total.